The second kappa shape index (κ2) is 4.80. The van der Waals surface area contributed by atoms with Gasteiger partial charge in [-0.25, -0.2) is 4.98 Å². The van der Waals surface area contributed by atoms with E-state index in [1.165, 1.54) is 6.20 Å². The van der Waals surface area contributed by atoms with E-state index >= 15 is 0 Å². The Kier molecular flexibility index (Phi) is 3.41. The van der Waals surface area contributed by atoms with Crippen molar-refractivity contribution in [2.45, 2.75) is 18.9 Å². The molecule has 2 N–H and O–H groups in total. The Bertz CT molecular complexity index is 379. The van der Waals surface area contributed by atoms with Crippen molar-refractivity contribution in [2.24, 2.45) is 5.73 Å². The smallest absolute Gasteiger partial charge is 0.255 e. The highest BCUT2D eigenvalue weighted by atomic mass is 35.5. The largest absolute Gasteiger partial charge is 0.337 e. The number of hydrogen-bond acceptors (Lipinski definition) is 3. The molecular weight excluding hydrogens is 226 g/mol. The summed E-state index contributed by atoms with van der Waals surface area (Å²) in [5, 5.41) is 0.395. The van der Waals surface area contributed by atoms with Gasteiger partial charge in [0.2, 0.25) is 0 Å². The van der Waals surface area contributed by atoms with Crippen LogP contribution >= 0.6 is 11.6 Å². The first-order chi connectivity index (χ1) is 7.66. The van der Waals surface area contributed by atoms with Crippen LogP contribution in [0.1, 0.15) is 23.2 Å². The van der Waals surface area contributed by atoms with Crippen LogP contribution in [0, 0.1) is 0 Å². The lowest BCUT2D eigenvalue weighted by Crippen LogP contribution is -2.45. The van der Waals surface area contributed by atoms with E-state index in [9.17, 15) is 4.79 Å². The van der Waals surface area contributed by atoms with Crippen LogP contribution in [0.4, 0.5) is 0 Å². The number of carbonyl (C=O) groups is 1. The fourth-order valence-corrected chi connectivity index (χ4v) is 1.99. The maximum absolute atomic E-state index is 12.0. The number of pyridine rings is 1. The monoisotopic (exact) mass is 239 g/mol. The summed E-state index contributed by atoms with van der Waals surface area (Å²) < 4.78 is 0. The molecule has 0 aliphatic carbocycles. The average Bonchev–Trinajstić information content (AvgIpc) is 2.29. The summed E-state index contributed by atoms with van der Waals surface area (Å²) in [7, 11) is 0. The lowest BCUT2D eigenvalue weighted by atomic mass is 10.1. The van der Waals surface area contributed by atoms with Gasteiger partial charge in [0.1, 0.15) is 5.15 Å². The van der Waals surface area contributed by atoms with E-state index in [4.69, 9.17) is 17.3 Å². The molecule has 5 heteroatoms. The van der Waals surface area contributed by atoms with Crippen molar-refractivity contribution in [3.63, 3.8) is 0 Å². The number of hydrogen-bond donors (Lipinski definition) is 1. The Morgan fingerprint density at radius 1 is 1.56 bits per heavy atom. The third-order valence-corrected chi connectivity index (χ3v) is 2.94. The Hall–Kier alpha value is -1.13. The summed E-state index contributed by atoms with van der Waals surface area (Å²) in [6, 6.07) is 3.41. The predicted molar refractivity (Wildman–Crippen MR) is 62.4 cm³/mol. The molecule has 1 atom stereocenters. The standard InChI is InChI=1S/C11H14ClN3O/c12-10-4-3-8(6-14-10)11(16)15-5-1-2-9(13)7-15/h3-4,6,9H,1-2,5,7,13H2. The molecular formula is C11H14ClN3O. The van der Waals surface area contributed by atoms with Crippen molar-refractivity contribution in [1.29, 1.82) is 0 Å². The van der Waals surface area contributed by atoms with Gasteiger partial charge >= 0.3 is 0 Å². The third kappa shape index (κ3) is 2.51. The first kappa shape index (κ1) is 11.4. The van der Waals surface area contributed by atoms with Gasteiger partial charge in [0.25, 0.3) is 5.91 Å². The molecule has 0 radical (unpaired) electrons. The van der Waals surface area contributed by atoms with Gasteiger partial charge in [-0.05, 0) is 25.0 Å². The van der Waals surface area contributed by atoms with Gasteiger partial charge in [-0.3, -0.25) is 4.79 Å². The van der Waals surface area contributed by atoms with Crippen LogP contribution in [-0.2, 0) is 0 Å². The fraction of sp³-hybridized carbons (Fsp3) is 0.455. The molecule has 0 bridgehead atoms. The molecule has 2 rings (SSSR count). The van der Waals surface area contributed by atoms with Crippen molar-refractivity contribution < 1.29 is 4.79 Å². The minimum absolute atomic E-state index is 0.0145. The Morgan fingerprint density at radius 2 is 2.38 bits per heavy atom. The van der Waals surface area contributed by atoms with Crippen LogP contribution in [0.2, 0.25) is 5.15 Å². The van der Waals surface area contributed by atoms with Crippen molar-refractivity contribution >= 4 is 17.5 Å². The lowest BCUT2D eigenvalue weighted by molar-refractivity contribution is 0.0708. The molecule has 86 valence electrons. The van der Waals surface area contributed by atoms with Gasteiger partial charge in [0.15, 0.2) is 0 Å². The van der Waals surface area contributed by atoms with Crippen LogP contribution in [-0.4, -0.2) is 34.9 Å². The summed E-state index contributed by atoms with van der Waals surface area (Å²) in [6.45, 7) is 1.40. The number of carbonyl (C=O) groups excluding carboxylic acids is 1. The highest BCUT2D eigenvalue weighted by Gasteiger charge is 2.22. The number of nitrogens with two attached hydrogens (primary N) is 1. The zero-order valence-electron chi connectivity index (χ0n) is 8.90. The maximum Gasteiger partial charge on any atom is 0.255 e. The van der Waals surface area contributed by atoms with Gasteiger partial charge < -0.3 is 10.6 Å². The highest BCUT2D eigenvalue weighted by molar-refractivity contribution is 6.29. The Labute approximate surface area is 99.4 Å². The van der Waals surface area contributed by atoms with Crippen LogP contribution in [0.3, 0.4) is 0 Å². The average molecular weight is 240 g/mol. The van der Waals surface area contributed by atoms with E-state index in [1.54, 1.807) is 17.0 Å². The summed E-state index contributed by atoms with van der Waals surface area (Å²) >= 11 is 5.67. The SMILES string of the molecule is NC1CCCN(C(=O)c2ccc(Cl)nc2)C1. The van der Waals surface area contributed by atoms with Crippen LogP contribution in [0.5, 0.6) is 0 Å². The topological polar surface area (TPSA) is 59.2 Å². The molecule has 1 saturated heterocycles. The van der Waals surface area contributed by atoms with E-state index in [0.717, 1.165) is 19.4 Å². The number of aromatic nitrogens is 1. The molecule has 0 aromatic carbocycles. The summed E-state index contributed by atoms with van der Waals surface area (Å²) in [4.78, 5) is 17.7. The van der Waals surface area contributed by atoms with Gasteiger partial charge in [-0.2, -0.15) is 0 Å². The van der Waals surface area contributed by atoms with E-state index in [1.807, 2.05) is 0 Å². The lowest BCUT2D eigenvalue weighted by Gasteiger charge is -2.30. The molecule has 1 amide bonds. The number of likely N-dealkylation sites (tertiary alicyclic amines) is 1. The predicted octanol–water partition coefficient (Wildman–Crippen LogP) is 1.30. The van der Waals surface area contributed by atoms with Crippen molar-refractivity contribution in [2.75, 3.05) is 13.1 Å². The molecule has 1 aromatic rings. The highest BCUT2D eigenvalue weighted by Crippen LogP contribution is 2.13. The van der Waals surface area contributed by atoms with Gasteiger partial charge in [0, 0.05) is 25.3 Å². The maximum atomic E-state index is 12.0. The van der Waals surface area contributed by atoms with Crippen LogP contribution < -0.4 is 5.73 Å². The van der Waals surface area contributed by atoms with Crippen LogP contribution in [0.25, 0.3) is 0 Å². The molecule has 1 aromatic heterocycles. The fourth-order valence-electron chi connectivity index (χ4n) is 1.88. The summed E-state index contributed by atoms with van der Waals surface area (Å²) in [5.74, 6) is -0.0145. The number of nitrogens with zero attached hydrogens (tertiary/aromatic N) is 2. The minimum Gasteiger partial charge on any atom is -0.337 e. The second-order valence-corrected chi connectivity index (χ2v) is 4.41. The minimum atomic E-state index is -0.0145. The quantitative estimate of drug-likeness (QED) is 0.752. The Balaban J connectivity index is 2.09. The zero-order chi connectivity index (χ0) is 11.5. The first-order valence-electron chi connectivity index (χ1n) is 5.33. The summed E-state index contributed by atoms with van der Waals surface area (Å²) in [5.41, 5.74) is 6.40. The molecule has 1 aliphatic heterocycles. The number of piperidine rings is 1. The molecule has 4 nitrogen and oxygen atoms in total. The second-order valence-electron chi connectivity index (χ2n) is 4.02. The molecule has 1 fully saturated rings. The number of rotatable bonds is 1. The van der Waals surface area contributed by atoms with Gasteiger partial charge in [0.05, 0.1) is 5.56 Å². The van der Waals surface area contributed by atoms with E-state index in [-0.39, 0.29) is 11.9 Å². The van der Waals surface area contributed by atoms with Crippen LogP contribution in [0.15, 0.2) is 18.3 Å². The third-order valence-electron chi connectivity index (χ3n) is 2.72. The van der Waals surface area contributed by atoms with Crippen molar-refractivity contribution in [1.82, 2.24) is 9.88 Å². The first-order valence-corrected chi connectivity index (χ1v) is 5.71. The number of amides is 1. The Morgan fingerprint density at radius 3 is 3.00 bits per heavy atom. The van der Waals surface area contributed by atoms with E-state index in [0.29, 0.717) is 17.3 Å². The van der Waals surface area contributed by atoms with E-state index in [2.05, 4.69) is 4.98 Å². The summed E-state index contributed by atoms with van der Waals surface area (Å²) in [6.07, 6.45) is 3.46. The zero-order valence-corrected chi connectivity index (χ0v) is 9.65. The molecule has 16 heavy (non-hydrogen) atoms. The molecule has 0 saturated carbocycles. The van der Waals surface area contributed by atoms with E-state index < -0.39 is 0 Å². The van der Waals surface area contributed by atoms with Crippen molar-refractivity contribution in [3.8, 4) is 0 Å². The van der Waals surface area contributed by atoms with Crippen molar-refractivity contribution in [3.05, 3.63) is 29.0 Å². The molecule has 0 spiro atoms. The number of halogens is 1. The van der Waals surface area contributed by atoms with Gasteiger partial charge in [-0.15, -0.1) is 0 Å². The normalized spacial score (nSPS) is 20.9. The van der Waals surface area contributed by atoms with Gasteiger partial charge in [-0.1, -0.05) is 11.6 Å². The molecule has 1 aliphatic rings. The molecule has 2 heterocycles. The molecule has 1 unspecified atom stereocenters.